The molecule has 1 saturated carbocycles. The Morgan fingerprint density at radius 3 is 2.63 bits per heavy atom. The fourth-order valence-electron chi connectivity index (χ4n) is 4.69. The lowest BCUT2D eigenvalue weighted by molar-refractivity contribution is -0.148. The van der Waals surface area contributed by atoms with Gasteiger partial charge in [-0.15, -0.1) is 0 Å². The molecule has 180 valence electrons. The van der Waals surface area contributed by atoms with Gasteiger partial charge in [0.1, 0.15) is 5.54 Å². The van der Waals surface area contributed by atoms with Gasteiger partial charge in [0.15, 0.2) is 6.61 Å². The van der Waals surface area contributed by atoms with Crippen LogP contribution in [0.4, 0.5) is 11.4 Å². The third-order valence-electron chi connectivity index (χ3n) is 6.39. The molecule has 9 nitrogen and oxygen atoms in total. The predicted molar refractivity (Wildman–Crippen MR) is 128 cm³/mol. The molecule has 0 unspecified atom stereocenters. The zero-order valence-electron chi connectivity index (χ0n) is 18.8. The highest BCUT2D eigenvalue weighted by Gasteiger charge is 2.52. The molecule has 1 N–H and O–H groups in total. The Kier molecular flexibility index (Phi) is 6.25. The largest absolute Gasteiger partial charge is 0.456 e. The molecule has 1 fully saturated rings. The van der Waals surface area contributed by atoms with Crippen LogP contribution in [-0.4, -0.2) is 40.1 Å². The first-order chi connectivity index (χ1) is 17.0. The lowest BCUT2D eigenvalue weighted by Crippen LogP contribution is -2.61. The fourth-order valence-corrected chi connectivity index (χ4v) is 4.82. The smallest absolute Gasteiger partial charge is 0.306 e. The minimum absolute atomic E-state index is 0.0300. The molecule has 35 heavy (non-hydrogen) atoms. The number of rotatable bonds is 6. The van der Waals surface area contributed by atoms with Crippen molar-refractivity contribution in [3.8, 4) is 11.4 Å². The summed E-state index contributed by atoms with van der Waals surface area (Å²) in [4.78, 5) is 44.4. The van der Waals surface area contributed by atoms with Crippen molar-refractivity contribution < 1.29 is 23.6 Å². The van der Waals surface area contributed by atoms with Gasteiger partial charge in [-0.05, 0) is 49.2 Å². The number of nitrogens with zero attached hydrogens (tertiary/aromatic N) is 3. The highest BCUT2D eigenvalue weighted by Crippen LogP contribution is 2.45. The topological polar surface area (TPSA) is 115 Å². The van der Waals surface area contributed by atoms with Crippen LogP contribution in [0.5, 0.6) is 0 Å². The number of hydrogen-bond acceptors (Lipinski definition) is 7. The number of esters is 1. The van der Waals surface area contributed by atoms with E-state index in [9.17, 15) is 14.4 Å². The molecular weight excluding hydrogens is 472 g/mol. The standard InChI is InChI=1S/C25H23ClN4O5/c26-17-9-7-16(8-10-17)23-28-20(35-29-23)11-12-22(32)34-15-21(31)30-19-6-2-1-5-18(19)27-24(33)25(30)13-3-4-14-25/h1-2,5-10H,3-4,11-15H2,(H,27,33). The molecule has 2 aromatic carbocycles. The quantitative estimate of drug-likeness (QED) is 0.511. The Hall–Kier alpha value is -3.72. The monoisotopic (exact) mass is 494 g/mol. The minimum Gasteiger partial charge on any atom is -0.456 e. The van der Waals surface area contributed by atoms with Crippen LogP contribution in [0.3, 0.4) is 0 Å². The first-order valence-electron chi connectivity index (χ1n) is 11.4. The average molecular weight is 495 g/mol. The molecule has 1 aliphatic heterocycles. The van der Waals surface area contributed by atoms with Crippen molar-refractivity contribution in [1.82, 2.24) is 10.1 Å². The lowest BCUT2D eigenvalue weighted by atomic mass is 9.90. The summed E-state index contributed by atoms with van der Waals surface area (Å²) in [7, 11) is 0. The van der Waals surface area contributed by atoms with Crippen LogP contribution in [-0.2, 0) is 25.5 Å². The van der Waals surface area contributed by atoms with E-state index < -0.39 is 24.0 Å². The van der Waals surface area contributed by atoms with Gasteiger partial charge in [0.25, 0.3) is 11.8 Å². The maximum atomic E-state index is 13.2. The van der Waals surface area contributed by atoms with Gasteiger partial charge < -0.3 is 14.6 Å². The second-order valence-electron chi connectivity index (χ2n) is 8.62. The third-order valence-corrected chi connectivity index (χ3v) is 6.65. The van der Waals surface area contributed by atoms with Crippen LogP contribution >= 0.6 is 11.6 Å². The summed E-state index contributed by atoms with van der Waals surface area (Å²) in [6, 6.07) is 14.1. The molecule has 1 spiro atoms. The van der Waals surface area contributed by atoms with Gasteiger partial charge in [0, 0.05) is 17.0 Å². The van der Waals surface area contributed by atoms with Gasteiger partial charge in [-0.25, -0.2) is 0 Å². The number of aromatic nitrogens is 2. The molecule has 1 aromatic heterocycles. The van der Waals surface area contributed by atoms with Gasteiger partial charge in [-0.2, -0.15) is 4.98 Å². The van der Waals surface area contributed by atoms with Crippen LogP contribution in [0.15, 0.2) is 53.1 Å². The van der Waals surface area contributed by atoms with E-state index in [1.54, 1.807) is 42.5 Å². The molecule has 0 radical (unpaired) electrons. The summed E-state index contributed by atoms with van der Waals surface area (Å²) in [6.07, 6.45) is 2.98. The normalized spacial score (nSPS) is 16.1. The van der Waals surface area contributed by atoms with Crippen LogP contribution in [0.1, 0.15) is 38.0 Å². The SMILES string of the molecule is O=C(CCc1nc(-c2ccc(Cl)cc2)no1)OCC(=O)N1c2ccccc2NC(=O)C12CCCC2. The second kappa shape index (κ2) is 9.50. The number of fused-ring (bicyclic) bond motifs is 1. The highest BCUT2D eigenvalue weighted by atomic mass is 35.5. The van der Waals surface area contributed by atoms with E-state index in [1.165, 1.54) is 4.90 Å². The van der Waals surface area contributed by atoms with Crippen molar-refractivity contribution in [1.29, 1.82) is 0 Å². The van der Waals surface area contributed by atoms with Crippen molar-refractivity contribution in [3.63, 3.8) is 0 Å². The molecular formula is C25H23ClN4O5. The Morgan fingerprint density at radius 1 is 1.11 bits per heavy atom. The van der Waals surface area contributed by atoms with Gasteiger partial charge in [0.05, 0.1) is 17.8 Å². The molecule has 1 aliphatic carbocycles. The molecule has 2 heterocycles. The number of ether oxygens (including phenoxy) is 1. The summed E-state index contributed by atoms with van der Waals surface area (Å²) in [6.45, 7) is -0.456. The number of amides is 2. The summed E-state index contributed by atoms with van der Waals surface area (Å²) < 4.78 is 10.5. The van der Waals surface area contributed by atoms with E-state index in [2.05, 4.69) is 15.5 Å². The summed E-state index contributed by atoms with van der Waals surface area (Å²) in [5.41, 5.74) is 0.988. The summed E-state index contributed by atoms with van der Waals surface area (Å²) >= 11 is 5.90. The van der Waals surface area contributed by atoms with E-state index in [4.69, 9.17) is 20.9 Å². The van der Waals surface area contributed by atoms with E-state index in [-0.39, 0.29) is 24.6 Å². The van der Waals surface area contributed by atoms with E-state index >= 15 is 0 Å². The molecule has 2 aliphatic rings. The Labute approximate surface area is 206 Å². The van der Waals surface area contributed by atoms with Crippen LogP contribution < -0.4 is 10.2 Å². The number of nitrogens with one attached hydrogen (secondary N) is 1. The highest BCUT2D eigenvalue weighted by molar-refractivity contribution is 6.30. The summed E-state index contributed by atoms with van der Waals surface area (Å²) in [5, 5.41) is 7.44. The molecule has 0 atom stereocenters. The number of para-hydroxylation sites is 2. The van der Waals surface area contributed by atoms with Crippen LogP contribution in [0.25, 0.3) is 11.4 Å². The third kappa shape index (κ3) is 4.51. The molecule has 0 saturated heterocycles. The Balaban J connectivity index is 1.21. The molecule has 2 amide bonds. The van der Waals surface area contributed by atoms with Crippen molar-refractivity contribution in [2.45, 2.75) is 44.1 Å². The maximum absolute atomic E-state index is 13.2. The number of carbonyl (C=O) groups excluding carboxylic acids is 3. The van der Waals surface area contributed by atoms with Crippen molar-refractivity contribution in [2.75, 3.05) is 16.8 Å². The number of halogens is 1. The van der Waals surface area contributed by atoms with E-state index in [0.29, 0.717) is 35.1 Å². The number of aryl methyl sites for hydroxylation is 1. The van der Waals surface area contributed by atoms with E-state index in [0.717, 1.165) is 18.4 Å². The molecule has 3 aromatic rings. The first kappa shape index (κ1) is 23.0. The first-order valence-corrected chi connectivity index (χ1v) is 11.8. The van der Waals surface area contributed by atoms with Crippen LogP contribution in [0.2, 0.25) is 5.02 Å². The van der Waals surface area contributed by atoms with Gasteiger partial charge >= 0.3 is 5.97 Å². The van der Waals surface area contributed by atoms with Crippen molar-refractivity contribution in [3.05, 3.63) is 59.4 Å². The Morgan fingerprint density at radius 2 is 1.86 bits per heavy atom. The van der Waals surface area contributed by atoms with E-state index in [1.807, 2.05) is 6.07 Å². The zero-order valence-corrected chi connectivity index (χ0v) is 19.6. The van der Waals surface area contributed by atoms with Gasteiger partial charge in [0.2, 0.25) is 11.7 Å². The predicted octanol–water partition coefficient (Wildman–Crippen LogP) is 4.16. The number of anilines is 2. The lowest BCUT2D eigenvalue weighted by Gasteiger charge is -2.44. The van der Waals surface area contributed by atoms with Crippen molar-refractivity contribution in [2.24, 2.45) is 0 Å². The summed E-state index contributed by atoms with van der Waals surface area (Å²) in [5.74, 6) is -0.514. The molecule has 0 bridgehead atoms. The number of carbonyl (C=O) groups is 3. The fraction of sp³-hybridized carbons (Fsp3) is 0.320. The second-order valence-corrected chi connectivity index (χ2v) is 9.05. The van der Waals surface area contributed by atoms with Gasteiger partial charge in [-0.3, -0.25) is 19.3 Å². The minimum atomic E-state index is -0.945. The number of hydrogen-bond donors (Lipinski definition) is 1. The molecule has 10 heteroatoms. The number of benzene rings is 2. The van der Waals surface area contributed by atoms with Crippen LogP contribution in [0, 0.1) is 0 Å². The maximum Gasteiger partial charge on any atom is 0.306 e. The van der Waals surface area contributed by atoms with Gasteiger partial charge in [-0.1, -0.05) is 41.7 Å². The Bertz CT molecular complexity index is 1270. The average Bonchev–Trinajstić information content (AvgIpc) is 3.54. The van der Waals surface area contributed by atoms with Crippen molar-refractivity contribution >= 4 is 40.8 Å². The molecule has 5 rings (SSSR count). The zero-order chi connectivity index (χ0) is 24.4.